The summed E-state index contributed by atoms with van der Waals surface area (Å²) in [6.45, 7) is 0. The molecule has 0 atom stereocenters. The fourth-order valence-corrected chi connectivity index (χ4v) is 1.41. The van der Waals surface area contributed by atoms with Crippen molar-refractivity contribution >= 4 is 11.6 Å². The first kappa shape index (κ1) is 13.7. The van der Waals surface area contributed by atoms with Crippen molar-refractivity contribution in [2.24, 2.45) is 0 Å². The van der Waals surface area contributed by atoms with Crippen LogP contribution in [0.15, 0.2) is 28.9 Å². The van der Waals surface area contributed by atoms with Crippen LogP contribution in [0.2, 0.25) is 0 Å². The van der Waals surface area contributed by atoms with Crippen molar-refractivity contribution in [1.29, 1.82) is 0 Å². The van der Waals surface area contributed by atoms with Crippen molar-refractivity contribution in [3.05, 3.63) is 41.5 Å². The summed E-state index contributed by atoms with van der Waals surface area (Å²) in [5.41, 5.74) is -1.05. The van der Waals surface area contributed by atoms with Crippen LogP contribution >= 0.6 is 11.6 Å². The lowest BCUT2D eigenvalue weighted by Crippen LogP contribution is -2.08. The molecule has 0 aliphatic rings. The van der Waals surface area contributed by atoms with Crippen molar-refractivity contribution in [3.8, 4) is 11.8 Å². The van der Waals surface area contributed by atoms with Crippen LogP contribution in [-0.2, 0) is 12.1 Å². The van der Waals surface area contributed by atoms with E-state index < -0.39 is 17.6 Å². The summed E-state index contributed by atoms with van der Waals surface area (Å²) in [6, 6.07) is 2.22. The molecule has 0 bridgehead atoms. The van der Waals surface area contributed by atoms with Crippen LogP contribution in [0.25, 0.3) is 0 Å². The molecule has 0 spiro atoms. The van der Waals surface area contributed by atoms with Gasteiger partial charge in [-0.3, -0.25) is 0 Å². The van der Waals surface area contributed by atoms with Crippen LogP contribution in [0.5, 0.6) is 11.8 Å². The number of hydrogen-bond donors (Lipinski definition) is 0. The molecular weight excluding hydrogens is 290 g/mol. The molecule has 0 fully saturated rings. The van der Waals surface area contributed by atoms with Gasteiger partial charge in [-0.25, -0.2) is 4.39 Å². The third-order valence-corrected chi connectivity index (χ3v) is 2.39. The highest BCUT2D eigenvalue weighted by Gasteiger charge is 2.34. The molecule has 2 rings (SSSR count). The average Bonchev–Trinajstić information content (AvgIpc) is 2.78. The predicted molar refractivity (Wildman–Crippen MR) is 57.5 cm³/mol. The third kappa shape index (κ3) is 3.17. The lowest BCUT2D eigenvalue weighted by molar-refractivity contribution is -0.140. The minimum absolute atomic E-state index is 0.0735. The fourth-order valence-electron chi connectivity index (χ4n) is 1.28. The number of hydrogen-bond acceptors (Lipinski definition) is 3. The molecule has 19 heavy (non-hydrogen) atoms. The van der Waals surface area contributed by atoms with Gasteiger partial charge in [0.2, 0.25) is 0 Å². The standard InChI is InChI=1S/C11H6ClF4NO2/c12-4-6-5-18-10(17-6)19-7-1-2-9(13)8(3-7)11(14,15)16/h1-3,5H,4H2. The summed E-state index contributed by atoms with van der Waals surface area (Å²) >= 11 is 5.47. The van der Waals surface area contributed by atoms with Crippen LogP contribution in [0.4, 0.5) is 17.6 Å². The third-order valence-electron chi connectivity index (χ3n) is 2.12. The molecular formula is C11H6ClF4NO2. The van der Waals surface area contributed by atoms with Crippen molar-refractivity contribution < 1.29 is 26.7 Å². The smallest absolute Gasteiger partial charge is 0.417 e. The van der Waals surface area contributed by atoms with Crippen LogP contribution in [-0.4, -0.2) is 4.98 Å². The monoisotopic (exact) mass is 295 g/mol. The van der Waals surface area contributed by atoms with Gasteiger partial charge in [0.05, 0.1) is 17.1 Å². The Bertz CT molecular complexity index is 582. The number of benzene rings is 1. The summed E-state index contributed by atoms with van der Waals surface area (Å²) in [6.07, 6.45) is -3.87. The van der Waals surface area contributed by atoms with Crippen molar-refractivity contribution in [3.63, 3.8) is 0 Å². The number of nitrogens with zero attached hydrogens (tertiary/aromatic N) is 1. The van der Waals surface area contributed by atoms with Gasteiger partial charge in [-0.2, -0.15) is 18.2 Å². The van der Waals surface area contributed by atoms with Gasteiger partial charge in [-0.05, 0) is 18.2 Å². The molecule has 0 saturated heterocycles. The van der Waals surface area contributed by atoms with E-state index in [1.807, 2.05) is 0 Å². The minimum Gasteiger partial charge on any atom is -0.417 e. The van der Waals surface area contributed by atoms with E-state index >= 15 is 0 Å². The predicted octanol–water partition coefficient (Wildman–Crippen LogP) is 4.36. The molecule has 3 nitrogen and oxygen atoms in total. The Kier molecular flexibility index (Phi) is 3.66. The molecule has 0 aliphatic heterocycles. The number of alkyl halides is 4. The molecule has 0 N–H and O–H groups in total. The van der Waals surface area contributed by atoms with Gasteiger partial charge in [0, 0.05) is 0 Å². The first-order valence-electron chi connectivity index (χ1n) is 4.95. The summed E-state index contributed by atoms with van der Waals surface area (Å²) in [5.74, 6) is -1.55. The Morgan fingerprint density at radius 2 is 2.05 bits per heavy atom. The molecule has 0 amide bonds. The van der Waals surface area contributed by atoms with E-state index in [4.69, 9.17) is 20.8 Å². The number of rotatable bonds is 3. The van der Waals surface area contributed by atoms with Crippen LogP contribution in [0.3, 0.4) is 0 Å². The van der Waals surface area contributed by atoms with E-state index in [2.05, 4.69) is 4.98 Å². The van der Waals surface area contributed by atoms with Gasteiger partial charge in [0.25, 0.3) is 0 Å². The quantitative estimate of drug-likeness (QED) is 0.623. The van der Waals surface area contributed by atoms with E-state index in [9.17, 15) is 17.6 Å². The van der Waals surface area contributed by atoms with Gasteiger partial charge < -0.3 is 9.15 Å². The first-order valence-corrected chi connectivity index (χ1v) is 5.48. The first-order chi connectivity index (χ1) is 8.90. The second-order valence-electron chi connectivity index (χ2n) is 3.48. The highest BCUT2D eigenvalue weighted by atomic mass is 35.5. The van der Waals surface area contributed by atoms with E-state index in [0.717, 1.165) is 6.07 Å². The largest absolute Gasteiger partial charge is 0.419 e. The van der Waals surface area contributed by atoms with E-state index in [-0.39, 0.29) is 17.7 Å². The van der Waals surface area contributed by atoms with Crippen LogP contribution < -0.4 is 4.74 Å². The van der Waals surface area contributed by atoms with Crippen molar-refractivity contribution in [2.75, 3.05) is 0 Å². The summed E-state index contributed by atoms with van der Waals surface area (Å²) < 4.78 is 60.2. The second-order valence-corrected chi connectivity index (χ2v) is 3.75. The number of halogens is 5. The summed E-state index contributed by atoms with van der Waals surface area (Å²) in [5, 5.41) is 0. The Labute approximate surface area is 109 Å². The molecule has 2 aromatic rings. The fraction of sp³-hybridized carbons (Fsp3) is 0.182. The molecule has 8 heteroatoms. The molecule has 0 aliphatic carbocycles. The van der Waals surface area contributed by atoms with Gasteiger partial charge >= 0.3 is 12.3 Å². The van der Waals surface area contributed by atoms with E-state index in [1.54, 1.807) is 0 Å². The maximum atomic E-state index is 13.0. The molecule has 0 radical (unpaired) electrons. The van der Waals surface area contributed by atoms with Gasteiger partial charge in [-0.15, -0.1) is 11.6 Å². The molecule has 1 aromatic heterocycles. The topological polar surface area (TPSA) is 35.3 Å². The molecule has 1 aromatic carbocycles. The zero-order valence-corrected chi connectivity index (χ0v) is 9.93. The van der Waals surface area contributed by atoms with E-state index in [0.29, 0.717) is 17.8 Å². The molecule has 0 unspecified atom stereocenters. The Morgan fingerprint density at radius 1 is 1.32 bits per heavy atom. The zero-order valence-electron chi connectivity index (χ0n) is 9.17. The Balaban J connectivity index is 2.26. The SMILES string of the molecule is Fc1ccc(Oc2nc(CCl)co2)cc1C(F)(F)F. The maximum Gasteiger partial charge on any atom is 0.419 e. The summed E-state index contributed by atoms with van der Waals surface area (Å²) in [7, 11) is 0. The van der Waals surface area contributed by atoms with Crippen LogP contribution in [0.1, 0.15) is 11.3 Å². The lowest BCUT2D eigenvalue weighted by atomic mass is 10.2. The van der Waals surface area contributed by atoms with Gasteiger partial charge in [0.1, 0.15) is 17.8 Å². The van der Waals surface area contributed by atoms with E-state index in [1.165, 1.54) is 6.26 Å². The number of aromatic nitrogens is 1. The normalized spacial score (nSPS) is 11.6. The molecule has 0 saturated carbocycles. The average molecular weight is 296 g/mol. The summed E-state index contributed by atoms with van der Waals surface area (Å²) in [4.78, 5) is 3.74. The van der Waals surface area contributed by atoms with Gasteiger partial charge in [0.15, 0.2) is 0 Å². The Hall–Kier alpha value is -1.76. The second kappa shape index (κ2) is 5.08. The number of ether oxygens (including phenoxy) is 1. The maximum absolute atomic E-state index is 13.0. The minimum atomic E-state index is -4.80. The van der Waals surface area contributed by atoms with Gasteiger partial charge in [-0.1, -0.05) is 0 Å². The zero-order chi connectivity index (χ0) is 14.0. The Morgan fingerprint density at radius 3 is 2.63 bits per heavy atom. The molecule has 102 valence electrons. The lowest BCUT2D eigenvalue weighted by Gasteiger charge is -2.09. The van der Waals surface area contributed by atoms with Crippen molar-refractivity contribution in [2.45, 2.75) is 12.1 Å². The number of oxazole rings is 1. The van der Waals surface area contributed by atoms with Crippen molar-refractivity contribution in [1.82, 2.24) is 4.98 Å². The molecule has 1 heterocycles. The highest BCUT2D eigenvalue weighted by molar-refractivity contribution is 6.16. The highest BCUT2D eigenvalue weighted by Crippen LogP contribution is 2.34. The van der Waals surface area contributed by atoms with Crippen LogP contribution in [0, 0.1) is 5.82 Å².